The Bertz CT molecular complexity index is 4140. The maximum atomic E-state index is 15.8. The fourth-order valence-corrected chi connectivity index (χ4v) is 24.5. The fraction of sp³-hybridized carbons (Fsp3) is 0.596. The molecule has 0 aromatic carbocycles. The van der Waals surface area contributed by atoms with E-state index in [0.717, 1.165) is 204 Å². The molecule has 0 spiro atoms. The average molecular weight is 1680 g/mol. The minimum absolute atomic E-state index is 0.0505. The second kappa shape index (κ2) is 37.9. The number of carbonyl (C=O) groups excluding carboxylic acids is 4. The molecule has 576 valence electrons. The molecular formula is C89H120Br2N4O5S6. The van der Waals surface area contributed by atoms with Gasteiger partial charge in [-0.05, 0) is 185 Å². The number of rotatable bonds is 44. The second-order valence-corrected chi connectivity index (χ2v) is 41.6. The molecule has 0 N–H and O–H groups in total. The first-order valence-corrected chi connectivity index (χ1v) is 47.6. The topological polar surface area (TPSA) is 90.5 Å². The Kier molecular flexibility index (Phi) is 29.6. The van der Waals surface area contributed by atoms with E-state index in [2.05, 4.69) is 183 Å². The van der Waals surface area contributed by atoms with E-state index in [9.17, 15) is 0 Å². The number of unbranched alkanes of at least 4 members (excludes halogenated alkanes) is 4. The Morgan fingerprint density at radius 2 is 0.679 bits per heavy atom. The quantitative estimate of drug-likeness (QED) is 0.0380. The minimum Gasteiger partial charge on any atom is -0.481 e. The molecule has 0 bridgehead atoms. The van der Waals surface area contributed by atoms with Crippen LogP contribution in [0.5, 0.6) is 5.75 Å². The van der Waals surface area contributed by atoms with E-state index in [0.29, 0.717) is 84.0 Å². The monoisotopic (exact) mass is 1670 g/mol. The van der Waals surface area contributed by atoms with Gasteiger partial charge in [-0.1, -0.05) is 213 Å². The summed E-state index contributed by atoms with van der Waals surface area (Å²) in [6.45, 7) is 34.5. The first-order valence-electron chi connectivity index (χ1n) is 41.1. The van der Waals surface area contributed by atoms with Gasteiger partial charge in [0.25, 0.3) is 23.6 Å². The molecule has 106 heavy (non-hydrogen) atoms. The molecule has 0 saturated carbocycles. The standard InChI is InChI=1S/C89H120Br2N4O5S6/c1-15-23-33-59(19-5)51-92-79(75-77(87(92)98)81(69-41-43-73(90)103-69)94(85(75)96)53-61(21-7)35-25-17-3)67-39-37-65(101-67)71-49-63-83(105-71)84-64(100-89(63,47-45-57(13)31-27-29-55(9)10)48-46-58(14)32-28-30-56(11)12)50-72(106-84)66-38-40-68(102-66)80-76-78(88(99)93(80)52-60(20-6)34-24-16-2)82(70-42-44-74(91)104-70)95(86(76)97)54-62(22-8)36-26-18-4/h37-44,49-50,55-62H,15-36,45-48,51-54H2,1-14H3. The summed E-state index contributed by atoms with van der Waals surface area (Å²) in [6.07, 6.45) is 27.9. The smallest absolute Gasteiger partial charge is 0.261 e. The van der Waals surface area contributed by atoms with Gasteiger partial charge < -0.3 is 24.3 Å². The van der Waals surface area contributed by atoms with Crippen molar-refractivity contribution in [2.45, 2.75) is 269 Å². The molecule has 0 aliphatic carbocycles. The highest BCUT2D eigenvalue weighted by Crippen LogP contribution is 2.61. The molecule has 11 rings (SSSR count). The Morgan fingerprint density at radius 1 is 0.358 bits per heavy atom. The van der Waals surface area contributed by atoms with Crippen LogP contribution in [0, 0.1) is 47.3 Å². The lowest BCUT2D eigenvalue weighted by molar-refractivity contribution is -0.124. The van der Waals surface area contributed by atoms with Gasteiger partial charge in [0.15, 0.2) is 0 Å². The van der Waals surface area contributed by atoms with Gasteiger partial charge in [-0.2, -0.15) is 0 Å². The maximum Gasteiger partial charge on any atom is 0.261 e. The predicted octanol–water partition coefficient (Wildman–Crippen LogP) is 28.1. The van der Waals surface area contributed by atoms with Crippen molar-refractivity contribution >= 4 is 146 Å². The van der Waals surface area contributed by atoms with E-state index >= 15 is 19.2 Å². The highest BCUT2D eigenvalue weighted by Gasteiger charge is 2.53. The van der Waals surface area contributed by atoms with Crippen molar-refractivity contribution in [3.8, 4) is 35.0 Å². The number of carbonyl (C=O) groups is 4. The van der Waals surface area contributed by atoms with Crippen LogP contribution < -0.4 is 4.74 Å². The van der Waals surface area contributed by atoms with Gasteiger partial charge in [-0.15, -0.1) is 68.0 Å². The van der Waals surface area contributed by atoms with Gasteiger partial charge in [0.1, 0.15) is 11.4 Å². The lowest BCUT2D eigenvalue weighted by Gasteiger charge is -2.39. The Labute approximate surface area is 677 Å². The van der Waals surface area contributed by atoms with Crippen molar-refractivity contribution in [3.05, 3.63) is 116 Å². The van der Waals surface area contributed by atoms with Crippen LogP contribution in [0.2, 0.25) is 0 Å². The second-order valence-electron chi connectivity index (χ2n) is 32.4. The van der Waals surface area contributed by atoms with Gasteiger partial charge in [0, 0.05) is 57.3 Å². The van der Waals surface area contributed by atoms with E-state index in [1.54, 1.807) is 45.3 Å². The van der Waals surface area contributed by atoms with Gasteiger partial charge in [-0.25, -0.2) is 0 Å². The molecule has 6 atom stereocenters. The van der Waals surface area contributed by atoms with E-state index in [1.807, 2.05) is 48.3 Å². The minimum atomic E-state index is -0.590. The first kappa shape index (κ1) is 82.8. The number of thiophene rings is 6. The number of hydrogen-bond acceptors (Lipinski definition) is 11. The zero-order valence-electron chi connectivity index (χ0n) is 66.1. The summed E-state index contributed by atoms with van der Waals surface area (Å²) in [4.78, 5) is 81.7. The van der Waals surface area contributed by atoms with Gasteiger partial charge in [-0.3, -0.25) is 19.2 Å². The number of halogens is 2. The molecule has 6 aromatic rings. The van der Waals surface area contributed by atoms with Crippen molar-refractivity contribution in [1.29, 1.82) is 0 Å². The molecule has 6 aromatic heterocycles. The SMILES string of the molecule is CCCCC(CC)CN1C(=O)C2=C(c3ccc(-c4cc5c(s4)-c4sc(-c6ccc(C7=C8C(=O)N(CC(CC)CCCC)C(c9ccc(Br)s9)=C8C(=O)N7CC(CC)CCCC)s6)cc4C(CCC(C)CCCC(C)C)(CCC(C)CCCC(C)C)O5)s3)N(CC(CC)CCCC)C(=O)C2=C1c1ccc(Br)s1. The van der Waals surface area contributed by atoms with Crippen molar-refractivity contribution in [2.75, 3.05) is 26.2 Å². The third kappa shape index (κ3) is 18.3. The molecule has 6 unspecified atom stereocenters. The summed E-state index contributed by atoms with van der Waals surface area (Å²) < 4.78 is 9.93. The number of nitrogens with zero attached hydrogens (tertiary/aromatic N) is 4. The highest BCUT2D eigenvalue weighted by atomic mass is 79.9. The summed E-state index contributed by atoms with van der Waals surface area (Å²) in [7, 11) is 0. The third-order valence-electron chi connectivity index (χ3n) is 23.5. The van der Waals surface area contributed by atoms with Crippen LogP contribution in [0.3, 0.4) is 0 Å². The third-order valence-corrected chi connectivity index (χ3v) is 31.8. The van der Waals surface area contributed by atoms with Crippen molar-refractivity contribution < 1.29 is 23.9 Å². The Morgan fingerprint density at radius 3 is 1.00 bits per heavy atom. The van der Waals surface area contributed by atoms with E-state index in [4.69, 9.17) is 4.74 Å². The molecule has 9 nitrogen and oxygen atoms in total. The van der Waals surface area contributed by atoms with E-state index in [-0.39, 0.29) is 35.5 Å². The molecule has 11 heterocycles. The number of ether oxygens (including phenoxy) is 1. The molecule has 5 aliphatic heterocycles. The molecule has 0 saturated heterocycles. The van der Waals surface area contributed by atoms with Crippen LogP contribution in [0.15, 0.2) is 90.5 Å². The number of amides is 4. The van der Waals surface area contributed by atoms with Crippen LogP contribution in [-0.4, -0.2) is 69.4 Å². The van der Waals surface area contributed by atoms with Crippen LogP contribution in [0.4, 0.5) is 0 Å². The summed E-state index contributed by atoms with van der Waals surface area (Å²) in [6, 6.07) is 22.0. The van der Waals surface area contributed by atoms with Crippen molar-refractivity contribution in [3.63, 3.8) is 0 Å². The fourth-order valence-electron chi connectivity index (χ4n) is 16.8. The predicted molar refractivity (Wildman–Crippen MR) is 463 cm³/mol. The van der Waals surface area contributed by atoms with E-state index in [1.165, 1.54) is 53.8 Å². The van der Waals surface area contributed by atoms with Crippen LogP contribution in [0.25, 0.3) is 52.1 Å². The molecule has 0 fully saturated rings. The first-order chi connectivity index (χ1) is 51.1. The van der Waals surface area contributed by atoms with Crippen LogP contribution in [-0.2, 0) is 24.8 Å². The Balaban J connectivity index is 1.05. The van der Waals surface area contributed by atoms with Gasteiger partial charge in [0.2, 0.25) is 0 Å². The largest absolute Gasteiger partial charge is 0.481 e. The molecule has 17 heteroatoms. The van der Waals surface area contributed by atoms with E-state index < -0.39 is 5.60 Å². The van der Waals surface area contributed by atoms with Gasteiger partial charge in [0.05, 0.1) is 81.9 Å². The zero-order valence-corrected chi connectivity index (χ0v) is 74.2. The van der Waals surface area contributed by atoms with Gasteiger partial charge >= 0.3 is 0 Å². The van der Waals surface area contributed by atoms with Crippen LogP contribution in [0.1, 0.15) is 289 Å². The summed E-state index contributed by atoms with van der Waals surface area (Å²) >= 11 is 17.9. The maximum absolute atomic E-state index is 15.8. The van der Waals surface area contributed by atoms with Crippen molar-refractivity contribution in [1.82, 2.24) is 19.6 Å². The lowest BCUT2D eigenvalue weighted by atomic mass is 9.78. The molecule has 5 aliphatic rings. The molecule has 4 amide bonds. The number of fused-ring (bicyclic) bond motifs is 5. The normalized spacial score (nSPS) is 18.5. The van der Waals surface area contributed by atoms with Crippen molar-refractivity contribution in [2.24, 2.45) is 47.3 Å². The summed E-state index contributed by atoms with van der Waals surface area (Å²) in [5.41, 5.74) is 6.05. The number of hydrogen-bond donors (Lipinski definition) is 0. The Hall–Kier alpha value is -4.20. The summed E-state index contributed by atoms with van der Waals surface area (Å²) in [5, 5.41) is 0. The molecular weight excluding hydrogens is 1560 g/mol. The van der Waals surface area contributed by atoms with Crippen LogP contribution >= 0.6 is 99.9 Å². The zero-order chi connectivity index (χ0) is 75.7. The lowest BCUT2D eigenvalue weighted by Crippen LogP contribution is -2.36. The highest BCUT2D eigenvalue weighted by molar-refractivity contribution is 9.11. The molecule has 0 radical (unpaired) electrons. The average Bonchev–Trinajstić information content (AvgIpc) is 1.56. The summed E-state index contributed by atoms with van der Waals surface area (Å²) in [5.74, 6) is 4.31.